The van der Waals surface area contributed by atoms with Gasteiger partial charge in [-0.3, -0.25) is 9.52 Å². The number of sulfonamides is 1. The SMILES string of the molecule is Cc1ccc(S(=O)(=O)Nc2nc(CC(=O)O)cs2)cc1F. The molecule has 1 aromatic carbocycles. The number of hydrogen-bond donors (Lipinski definition) is 2. The molecule has 1 aromatic heterocycles. The number of benzene rings is 1. The van der Waals surface area contributed by atoms with Crippen LogP contribution in [0.15, 0.2) is 28.5 Å². The molecule has 2 aromatic rings. The molecule has 0 bridgehead atoms. The molecular weight excluding hydrogens is 319 g/mol. The van der Waals surface area contributed by atoms with Crippen molar-refractivity contribution in [3.05, 3.63) is 40.7 Å². The third kappa shape index (κ3) is 3.76. The average Bonchev–Trinajstić information content (AvgIpc) is 2.78. The van der Waals surface area contributed by atoms with Gasteiger partial charge in [-0.1, -0.05) is 6.07 Å². The normalized spacial score (nSPS) is 11.3. The smallest absolute Gasteiger partial charge is 0.309 e. The molecule has 0 fully saturated rings. The summed E-state index contributed by atoms with van der Waals surface area (Å²) >= 11 is 0.962. The van der Waals surface area contributed by atoms with Gasteiger partial charge >= 0.3 is 5.97 Å². The molecule has 0 spiro atoms. The molecule has 0 aliphatic carbocycles. The minimum Gasteiger partial charge on any atom is -0.481 e. The molecule has 9 heteroatoms. The second-order valence-electron chi connectivity index (χ2n) is 4.23. The first-order valence-electron chi connectivity index (χ1n) is 5.73. The monoisotopic (exact) mass is 330 g/mol. The van der Waals surface area contributed by atoms with Crippen molar-refractivity contribution in [1.82, 2.24) is 4.98 Å². The molecule has 0 atom stereocenters. The first-order valence-corrected chi connectivity index (χ1v) is 8.09. The van der Waals surface area contributed by atoms with Gasteiger partial charge in [0.2, 0.25) is 0 Å². The molecule has 21 heavy (non-hydrogen) atoms. The summed E-state index contributed by atoms with van der Waals surface area (Å²) < 4.78 is 39.8. The zero-order valence-corrected chi connectivity index (χ0v) is 12.5. The molecule has 0 amide bonds. The lowest BCUT2D eigenvalue weighted by Crippen LogP contribution is -2.13. The Morgan fingerprint density at radius 1 is 1.48 bits per heavy atom. The second kappa shape index (κ2) is 5.78. The van der Waals surface area contributed by atoms with Crippen LogP contribution in [0.1, 0.15) is 11.3 Å². The quantitative estimate of drug-likeness (QED) is 0.874. The van der Waals surface area contributed by atoms with E-state index < -0.39 is 21.8 Å². The van der Waals surface area contributed by atoms with E-state index in [1.807, 2.05) is 0 Å². The van der Waals surface area contributed by atoms with Gasteiger partial charge in [0, 0.05) is 5.38 Å². The van der Waals surface area contributed by atoms with Crippen LogP contribution in [0.3, 0.4) is 0 Å². The highest BCUT2D eigenvalue weighted by molar-refractivity contribution is 7.93. The molecule has 0 unspecified atom stereocenters. The van der Waals surface area contributed by atoms with Crippen LogP contribution in [0.2, 0.25) is 0 Å². The number of aliphatic carboxylic acids is 1. The van der Waals surface area contributed by atoms with Gasteiger partial charge in [0.25, 0.3) is 10.0 Å². The Kier molecular flexibility index (Phi) is 4.24. The van der Waals surface area contributed by atoms with Crippen molar-refractivity contribution in [2.75, 3.05) is 4.72 Å². The van der Waals surface area contributed by atoms with E-state index in [1.165, 1.54) is 24.4 Å². The lowest BCUT2D eigenvalue weighted by Gasteiger charge is -2.06. The molecule has 2 rings (SSSR count). The van der Waals surface area contributed by atoms with E-state index in [1.54, 1.807) is 0 Å². The number of hydrogen-bond acceptors (Lipinski definition) is 5. The fourth-order valence-electron chi connectivity index (χ4n) is 1.50. The van der Waals surface area contributed by atoms with Gasteiger partial charge < -0.3 is 5.11 Å². The molecule has 0 saturated carbocycles. The van der Waals surface area contributed by atoms with Crippen LogP contribution in [0.5, 0.6) is 0 Å². The Labute approximate surface area is 124 Å². The molecule has 1 heterocycles. The summed E-state index contributed by atoms with van der Waals surface area (Å²) in [6.45, 7) is 1.53. The number of aromatic nitrogens is 1. The van der Waals surface area contributed by atoms with E-state index >= 15 is 0 Å². The van der Waals surface area contributed by atoms with E-state index in [9.17, 15) is 17.6 Å². The van der Waals surface area contributed by atoms with Gasteiger partial charge in [0.15, 0.2) is 5.13 Å². The first kappa shape index (κ1) is 15.4. The number of rotatable bonds is 5. The van der Waals surface area contributed by atoms with Crippen molar-refractivity contribution in [2.24, 2.45) is 0 Å². The van der Waals surface area contributed by atoms with Gasteiger partial charge in [0.1, 0.15) is 5.82 Å². The summed E-state index contributed by atoms with van der Waals surface area (Å²) in [5.41, 5.74) is 0.590. The molecule has 0 saturated heterocycles. The first-order chi connectivity index (χ1) is 9.78. The summed E-state index contributed by atoms with van der Waals surface area (Å²) in [6.07, 6.45) is -0.294. The second-order valence-corrected chi connectivity index (χ2v) is 6.77. The molecule has 2 N–H and O–H groups in total. The van der Waals surface area contributed by atoms with Crippen molar-refractivity contribution in [1.29, 1.82) is 0 Å². The average molecular weight is 330 g/mol. The molecule has 0 aliphatic rings. The van der Waals surface area contributed by atoms with E-state index in [2.05, 4.69) is 9.71 Å². The Balaban J connectivity index is 2.22. The number of halogens is 1. The summed E-state index contributed by atoms with van der Waals surface area (Å²) in [7, 11) is -3.96. The van der Waals surface area contributed by atoms with Gasteiger partial charge in [-0.15, -0.1) is 11.3 Å². The van der Waals surface area contributed by atoms with Gasteiger partial charge in [-0.25, -0.2) is 17.8 Å². The number of carboxylic acids is 1. The third-order valence-electron chi connectivity index (χ3n) is 2.56. The summed E-state index contributed by atoms with van der Waals surface area (Å²) in [4.78, 5) is 14.2. The number of thiazole rings is 1. The van der Waals surface area contributed by atoms with E-state index in [0.717, 1.165) is 17.4 Å². The predicted molar refractivity (Wildman–Crippen MR) is 75.4 cm³/mol. The number of anilines is 1. The highest BCUT2D eigenvalue weighted by Gasteiger charge is 2.18. The van der Waals surface area contributed by atoms with Crippen LogP contribution < -0.4 is 4.72 Å². The highest BCUT2D eigenvalue weighted by Crippen LogP contribution is 2.21. The van der Waals surface area contributed by atoms with Crippen molar-refractivity contribution < 1.29 is 22.7 Å². The topological polar surface area (TPSA) is 96.4 Å². The van der Waals surface area contributed by atoms with Crippen molar-refractivity contribution in [2.45, 2.75) is 18.2 Å². The largest absolute Gasteiger partial charge is 0.481 e. The third-order valence-corrected chi connectivity index (χ3v) is 4.83. The lowest BCUT2D eigenvalue weighted by atomic mass is 10.2. The fourth-order valence-corrected chi connectivity index (χ4v) is 3.48. The van der Waals surface area contributed by atoms with Crippen molar-refractivity contribution in [3.63, 3.8) is 0 Å². The Morgan fingerprint density at radius 2 is 2.19 bits per heavy atom. The fraction of sp³-hybridized carbons (Fsp3) is 0.167. The highest BCUT2D eigenvalue weighted by atomic mass is 32.2. The number of carbonyl (C=O) groups is 1. The maximum atomic E-state index is 13.4. The van der Waals surface area contributed by atoms with Crippen LogP contribution in [-0.2, 0) is 21.2 Å². The predicted octanol–water partition coefficient (Wildman–Crippen LogP) is 2.02. The molecule has 0 aliphatic heterocycles. The lowest BCUT2D eigenvalue weighted by molar-refractivity contribution is -0.136. The number of nitrogens with zero attached hydrogens (tertiary/aromatic N) is 1. The standard InChI is InChI=1S/C12H11FN2O4S2/c1-7-2-3-9(5-10(7)13)21(18,19)15-12-14-8(6-20-12)4-11(16)17/h2-3,5-6H,4H2,1H3,(H,14,15)(H,16,17). The van der Waals surface area contributed by atoms with E-state index in [-0.39, 0.29) is 22.1 Å². The van der Waals surface area contributed by atoms with Crippen LogP contribution in [0.25, 0.3) is 0 Å². The molecular formula is C12H11FN2O4S2. The maximum absolute atomic E-state index is 13.4. The van der Waals surface area contributed by atoms with Gasteiger partial charge in [-0.2, -0.15) is 0 Å². The summed E-state index contributed by atoms with van der Waals surface area (Å²) in [6, 6.07) is 3.57. The van der Waals surface area contributed by atoms with Crippen molar-refractivity contribution in [3.8, 4) is 0 Å². The summed E-state index contributed by atoms with van der Waals surface area (Å²) in [5, 5.41) is 10.1. The summed E-state index contributed by atoms with van der Waals surface area (Å²) in [5.74, 6) is -1.68. The molecule has 6 nitrogen and oxygen atoms in total. The zero-order chi connectivity index (χ0) is 15.6. The van der Waals surface area contributed by atoms with Gasteiger partial charge in [-0.05, 0) is 24.6 Å². The Bertz CT molecular complexity index is 786. The van der Waals surface area contributed by atoms with Crippen LogP contribution >= 0.6 is 11.3 Å². The van der Waals surface area contributed by atoms with E-state index in [4.69, 9.17) is 5.11 Å². The van der Waals surface area contributed by atoms with Crippen LogP contribution in [0, 0.1) is 12.7 Å². The minimum absolute atomic E-state index is 0.0345. The van der Waals surface area contributed by atoms with E-state index in [0.29, 0.717) is 5.56 Å². The van der Waals surface area contributed by atoms with Gasteiger partial charge in [0.05, 0.1) is 17.0 Å². The number of nitrogens with one attached hydrogen (secondary N) is 1. The Morgan fingerprint density at radius 3 is 2.81 bits per heavy atom. The number of carboxylic acid groups (broad SMARTS) is 1. The van der Waals surface area contributed by atoms with Crippen LogP contribution in [0.4, 0.5) is 9.52 Å². The molecule has 112 valence electrons. The Hall–Kier alpha value is -2.00. The maximum Gasteiger partial charge on any atom is 0.309 e. The number of aryl methyl sites for hydroxylation is 1. The van der Waals surface area contributed by atoms with Crippen molar-refractivity contribution >= 4 is 32.5 Å². The van der Waals surface area contributed by atoms with Crippen LogP contribution in [-0.4, -0.2) is 24.5 Å². The zero-order valence-electron chi connectivity index (χ0n) is 10.8. The molecule has 0 radical (unpaired) electrons. The minimum atomic E-state index is -3.96.